The molecular weight excluding hydrogens is 257 g/mol. The third kappa shape index (κ3) is 5.13. The minimum Gasteiger partial charge on any atom is -0.466 e. The summed E-state index contributed by atoms with van der Waals surface area (Å²) in [5.74, 6) is -0.475. The summed E-state index contributed by atoms with van der Waals surface area (Å²) in [6, 6.07) is 4.84. The van der Waals surface area contributed by atoms with Crippen LogP contribution in [-0.2, 0) is 16.0 Å². The summed E-state index contributed by atoms with van der Waals surface area (Å²) in [4.78, 5) is 11.4. The number of hydrogen-bond donors (Lipinski definition) is 1. The highest BCUT2D eigenvalue weighted by molar-refractivity contribution is 5.88. The minimum absolute atomic E-state index is 0.201. The van der Waals surface area contributed by atoms with Crippen LogP contribution in [0.2, 0.25) is 0 Å². The molecule has 4 heteroatoms. The molecule has 0 heterocycles. The fourth-order valence-electron chi connectivity index (χ4n) is 1.96. The van der Waals surface area contributed by atoms with Gasteiger partial charge in [0.25, 0.3) is 0 Å². The fourth-order valence-corrected chi connectivity index (χ4v) is 1.96. The van der Waals surface area contributed by atoms with E-state index in [9.17, 15) is 9.18 Å². The summed E-state index contributed by atoms with van der Waals surface area (Å²) < 4.78 is 17.6. The number of carbonyl (C=O) groups is 1. The Bertz CT molecular complexity index is 483. The molecule has 1 aromatic carbocycles. The van der Waals surface area contributed by atoms with Gasteiger partial charge in [-0.15, -0.1) is 0 Å². The van der Waals surface area contributed by atoms with Crippen molar-refractivity contribution >= 4 is 5.97 Å². The summed E-state index contributed by atoms with van der Waals surface area (Å²) >= 11 is 0. The highest BCUT2D eigenvalue weighted by atomic mass is 19.1. The van der Waals surface area contributed by atoms with Crippen molar-refractivity contribution in [2.45, 2.75) is 26.7 Å². The first-order chi connectivity index (χ1) is 9.58. The number of rotatable bonds is 7. The van der Waals surface area contributed by atoms with E-state index in [0.717, 1.165) is 24.1 Å². The third-order valence-corrected chi connectivity index (χ3v) is 3.20. The molecule has 0 spiro atoms. The first kappa shape index (κ1) is 16.4. The zero-order valence-electron chi connectivity index (χ0n) is 12.3. The van der Waals surface area contributed by atoms with Crippen LogP contribution < -0.4 is 5.32 Å². The predicted molar refractivity (Wildman–Crippen MR) is 78.1 cm³/mol. The molecule has 3 nitrogen and oxygen atoms in total. The number of benzene rings is 1. The predicted octanol–water partition coefficient (Wildman–Crippen LogP) is 2.78. The van der Waals surface area contributed by atoms with E-state index in [4.69, 9.17) is 0 Å². The third-order valence-electron chi connectivity index (χ3n) is 3.20. The molecule has 1 aromatic rings. The Kier molecular flexibility index (Phi) is 6.94. The van der Waals surface area contributed by atoms with Crippen LogP contribution in [-0.4, -0.2) is 26.2 Å². The van der Waals surface area contributed by atoms with Crippen molar-refractivity contribution < 1.29 is 13.9 Å². The van der Waals surface area contributed by atoms with Crippen LogP contribution in [0.4, 0.5) is 4.39 Å². The number of hydrogen-bond acceptors (Lipinski definition) is 3. The molecule has 1 rings (SSSR count). The van der Waals surface area contributed by atoms with Crippen molar-refractivity contribution in [3.05, 3.63) is 46.8 Å². The molecule has 0 saturated carbocycles. The van der Waals surface area contributed by atoms with E-state index < -0.39 is 0 Å². The highest BCUT2D eigenvalue weighted by Gasteiger charge is 2.05. The molecule has 20 heavy (non-hydrogen) atoms. The maximum Gasteiger partial charge on any atom is 0.333 e. The number of methoxy groups -OCH3 is 1. The highest BCUT2D eigenvalue weighted by Crippen LogP contribution is 2.10. The van der Waals surface area contributed by atoms with Crippen LogP contribution in [0.1, 0.15) is 24.5 Å². The Morgan fingerprint density at radius 1 is 1.45 bits per heavy atom. The lowest BCUT2D eigenvalue weighted by Gasteiger charge is -2.07. The van der Waals surface area contributed by atoms with Gasteiger partial charge in [-0.1, -0.05) is 19.1 Å². The molecular formula is C16H22FNO2. The Morgan fingerprint density at radius 2 is 2.20 bits per heavy atom. The lowest BCUT2D eigenvalue weighted by atomic mass is 10.1. The summed E-state index contributed by atoms with van der Waals surface area (Å²) in [5.41, 5.74) is 2.77. The molecule has 0 saturated heterocycles. The van der Waals surface area contributed by atoms with Gasteiger partial charge < -0.3 is 10.1 Å². The number of nitrogens with one attached hydrogen (secondary N) is 1. The topological polar surface area (TPSA) is 38.3 Å². The monoisotopic (exact) mass is 279 g/mol. The van der Waals surface area contributed by atoms with Gasteiger partial charge in [0.1, 0.15) is 5.82 Å². The van der Waals surface area contributed by atoms with Gasteiger partial charge in [0, 0.05) is 12.1 Å². The molecule has 0 aliphatic heterocycles. The second-order valence-electron chi connectivity index (χ2n) is 4.60. The summed E-state index contributed by atoms with van der Waals surface area (Å²) in [7, 11) is 1.39. The molecule has 0 aromatic heterocycles. The van der Waals surface area contributed by atoms with E-state index in [1.807, 2.05) is 26.0 Å². The van der Waals surface area contributed by atoms with E-state index in [2.05, 4.69) is 10.1 Å². The Hall–Kier alpha value is -1.68. The van der Waals surface area contributed by atoms with Crippen molar-refractivity contribution in [3.8, 4) is 0 Å². The van der Waals surface area contributed by atoms with Gasteiger partial charge in [-0.3, -0.25) is 0 Å². The largest absolute Gasteiger partial charge is 0.466 e. The van der Waals surface area contributed by atoms with Crippen molar-refractivity contribution in [1.82, 2.24) is 5.32 Å². The van der Waals surface area contributed by atoms with E-state index in [1.54, 1.807) is 6.07 Å². The van der Waals surface area contributed by atoms with E-state index >= 15 is 0 Å². The Morgan fingerprint density at radius 3 is 2.80 bits per heavy atom. The number of carbonyl (C=O) groups excluding carboxylic acids is 1. The normalized spacial score (nSPS) is 11.5. The molecule has 0 atom stereocenters. The van der Waals surface area contributed by atoms with Crippen LogP contribution in [0.3, 0.4) is 0 Å². The second kappa shape index (κ2) is 8.48. The standard InChI is InChI=1S/C16H22FNO2/c1-4-13(16(19)20-3)7-9-18-10-8-14-5-6-15(17)11-12(14)2/h5-7,11,18H,4,8-10H2,1-3H3/b13-7-. The molecule has 1 N–H and O–H groups in total. The van der Waals surface area contributed by atoms with Crippen LogP contribution in [0, 0.1) is 12.7 Å². The summed E-state index contributed by atoms with van der Waals surface area (Å²) in [6.45, 7) is 5.23. The first-order valence-corrected chi connectivity index (χ1v) is 6.81. The van der Waals surface area contributed by atoms with E-state index in [-0.39, 0.29) is 11.8 Å². The van der Waals surface area contributed by atoms with Gasteiger partial charge in [-0.05, 0) is 49.6 Å². The summed E-state index contributed by atoms with van der Waals surface area (Å²) in [6.07, 6.45) is 3.34. The van der Waals surface area contributed by atoms with Crippen molar-refractivity contribution in [3.63, 3.8) is 0 Å². The molecule has 0 bridgehead atoms. The van der Waals surface area contributed by atoms with Gasteiger partial charge in [-0.2, -0.15) is 0 Å². The smallest absolute Gasteiger partial charge is 0.333 e. The molecule has 0 aliphatic rings. The molecule has 0 radical (unpaired) electrons. The Labute approximate surface area is 119 Å². The van der Waals surface area contributed by atoms with Gasteiger partial charge in [0.05, 0.1) is 7.11 Å². The average Bonchev–Trinajstić information content (AvgIpc) is 2.44. The SMILES string of the molecule is CC/C(=C/CNCCc1ccc(F)cc1C)C(=O)OC. The molecule has 0 fully saturated rings. The number of ether oxygens (including phenoxy) is 1. The fraction of sp³-hybridized carbons (Fsp3) is 0.438. The van der Waals surface area contributed by atoms with Crippen molar-refractivity contribution in [2.75, 3.05) is 20.2 Å². The lowest BCUT2D eigenvalue weighted by Crippen LogP contribution is -2.18. The summed E-state index contributed by atoms with van der Waals surface area (Å²) in [5, 5.41) is 3.24. The van der Waals surface area contributed by atoms with E-state index in [0.29, 0.717) is 18.5 Å². The zero-order valence-corrected chi connectivity index (χ0v) is 12.3. The van der Waals surface area contributed by atoms with E-state index in [1.165, 1.54) is 13.2 Å². The Balaban J connectivity index is 2.38. The zero-order chi connectivity index (χ0) is 15.0. The van der Waals surface area contributed by atoms with Gasteiger partial charge in [0.15, 0.2) is 0 Å². The molecule has 0 aliphatic carbocycles. The van der Waals surface area contributed by atoms with Crippen molar-refractivity contribution in [2.24, 2.45) is 0 Å². The van der Waals surface area contributed by atoms with Crippen molar-refractivity contribution in [1.29, 1.82) is 0 Å². The van der Waals surface area contributed by atoms with Gasteiger partial charge in [0.2, 0.25) is 0 Å². The quantitative estimate of drug-likeness (QED) is 0.474. The van der Waals surface area contributed by atoms with Crippen LogP contribution in [0.5, 0.6) is 0 Å². The average molecular weight is 279 g/mol. The number of esters is 1. The maximum atomic E-state index is 13.0. The lowest BCUT2D eigenvalue weighted by molar-refractivity contribution is -0.136. The van der Waals surface area contributed by atoms with Crippen LogP contribution in [0.15, 0.2) is 29.8 Å². The molecule has 110 valence electrons. The van der Waals surface area contributed by atoms with Crippen LogP contribution in [0.25, 0.3) is 0 Å². The van der Waals surface area contributed by atoms with Crippen LogP contribution >= 0.6 is 0 Å². The minimum atomic E-state index is -0.274. The molecule has 0 amide bonds. The van der Waals surface area contributed by atoms with Gasteiger partial charge >= 0.3 is 5.97 Å². The number of halogens is 1. The maximum absolute atomic E-state index is 13.0. The second-order valence-corrected chi connectivity index (χ2v) is 4.60. The number of aryl methyl sites for hydroxylation is 1. The first-order valence-electron chi connectivity index (χ1n) is 6.81. The molecule has 0 unspecified atom stereocenters. The van der Waals surface area contributed by atoms with Gasteiger partial charge in [-0.25, -0.2) is 9.18 Å².